The van der Waals surface area contributed by atoms with Crippen LogP contribution < -0.4 is 5.32 Å². The van der Waals surface area contributed by atoms with Crippen molar-refractivity contribution in [2.24, 2.45) is 0 Å². The van der Waals surface area contributed by atoms with E-state index in [0.717, 1.165) is 0 Å². The summed E-state index contributed by atoms with van der Waals surface area (Å²) in [4.78, 5) is 11.6. The second kappa shape index (κ2) is 5.46. The van der Waals surface area contributed by atoms with E-state index in [-0.39, 0.29) is 11.8 Å². The van der Waals surface area contributed by atoms with E-state index in [0.29, 0.717) is 6.42 Å². The van der Waals surface area contributed by atoms with E-state index in [2.05, 4.69) is 5.32 Å². The van der Waals surface area contributed by atoms with Crippen LogP contribution in [0.1, 0.15) is 23.7 Å². The van der Waals surface area contributed by atoms with Crippen LogP contribution in [-0.4, -0.2) is 19.2 Å². The van der Waals surface area contributed by atoms with Crippen LogP contribution in [0.25, 0.3) is 0 Å². The largest absolute Gasteiger partial charge is 0.362 e. The van der Waals surface area contributed by atoms with Crippen LogP contribution in [0.15, 0.2) is 24.3 Å². The van der Waals surface area contributed by atoms with Gasteiger partial charge in [0.2, 0.25) is 0 Å². The summed E-state index contributed by atoms with van der Waals surface area (Å²) in [6.07, 6.45) is 0.258. The van der Waals surface area contributed by atoms with E-state index >= 15 is 0 Å². The summed E-state index contributed by atoms with van der Waals surface area (Å²) in [5, 5.41) is 2.57. The summed E-state index contributed by atoms with van der Waals surface area (Å²) < 4.78 is 18.2. The van der Waals surface area contributed by atoms with Gasteiger partial charge in [0.05, 0.1) is 5.56 Å². The zero-order valence-corrected chi connectivity index (χ0v) is 8.79. The molecule has 1 atom stereocenters. The van der Waals surface area contributed by atoms with Gasteiger partial charge < -0.3 is 10.1 Å². The number of carbonyl (C=O) groups excluding carboxylic acids is 1. The summed E-state index contributed by atoms with van der Waals surface area (Å²) >= 11 is 0. The van der Waals surface area contributed by atoms with Crippen molar-refractivity contribution in [3.05, 3.63) is 35.6 Å². The third kappa shape index (κ3) is 3.02. The highest BCUT2D eigenvalue weighted by atomic mass is 19.1. The minimum Gasteiger partial charge on any atom is -0.362 e. The van der Waals surface area contributed by atoms with Gasteiger partial charge in [-0.25, -0.2) is 4.39 Å². The van der Waals surface area contributed by atoms with E-state index in [4.69, 9.17) is 4.74 Å². The van der Waals surface area contributed by atoms with E-state index in [1.54, 1.807) is 12.1 Å². The minimum atomic E-state index is -0.527. The summed E-state index contributed by atoms with van der Waals surface area (Å²) in [6.45, 7) is 1.87. The van der Waals surface area contributed by atoms with Crippen molar-refractivity contribution in [2.75, 3.05) is 7.11 Å². The number of amides is 1. The highest BCUT2D eigenvalue weighted by Crippen LogP contribution is 2.06. The smallest absolute Gasteiger partial charge is 0.256 e. The maximum atomic E-state index is 13.2. The molecule has 0 radical (unpaired) electrons. The van der Waals surface area contributed by atoms with Crippen LogP contribution in [-0.2, 0) is 4.74 Å². The molecular formula is C11H14FNO2. The van der Waals surface area contributed by atoms with Crippen molar-refractivity contribution in [3.8, 4) is 0 Å². The second-order valence-electron chi connectivity index (χ2n) is 3.09. The van der Waals surface area contributed by atoms with Crippen LogP contribution >= 0.6 is 0 Å². The first-order valence-corrected chi connectivity index (χ1v) is 4.77. The average Bonchev–Trinajstić information content (AvgIpc) is 2.26. The number of hydrogen-bond donors (Lipinski definition) is 1. The molecule has 82 valence electrons. The first kappa shape index (κ1) is 11.7. The fourth-order valence-electron chi connectivity index (χ4n) is 1.20. The Bertz CT molecular complexity index is 337. The maximum absolute atomic E-state index is 13.2. The Morgan fingerprint density at radius 3 is 2.73 bits per heavy atom. The van der Waals surface area contributed by atoms with Crippen molar-refractivity contribution >= 4 is 5.91 Å². The Morgan fingerprint density at radius 1 is 1.53 bits per heavy atom. The van der Waals surface area contributed by atoms with Gasteiger partial charge in [-0.2, -0.15) is 0 Å². The summed E-state index contributed by atoms with van der Waals surface area (Å²) in [5.41, 5.74) is 0.0352. The Labute approximate surface area is 88.2 Å². The number of ether oxygens (including phenoxy) is 1. The van der Waals surface area contributed by atoms with Gasteiger partial charge >= 0.3 is 0 Å². The van der Waals surface area contributed by atoms with Gasteiger partial charge in [-0.3, -0.25) is 4.79 Å². The topological polar surface area (TPSA) is 38.3 Å². The second-order valence-corrected chi connectivity index (χ2v) is 3.09. The fraction of sp³-hybridized carbons (Fsp3) is 0.364. The molecule has 0 spiro atoms. The SMILES string of the molecule is CCC(NC(=O)c1ccccc1F)OC. The lowest BCUT2D eigenvalue weighted by molar-refractivity contribution is 0.0560. The van der Waals surface area contributed by atoms with E-state index in [9.17, 15) is 9.18 Å². The quantitative estimate of drug-likeness (QED) is 0.773. The van der Waals surface area contributed by atoms with E-state index in [1.807, 2.05) is 6.92 Å². The Kier molecular flexibility index (Phi) is 4.24. The lowest BCUT2D eigenvalue weighted by atomic mass is 10.2. The lowest BCUT2D eigenvalue weighted by Crippen LogP contribution is -2.36. The van der Waals surface area contributed by atoms with Gasteiger partial charge in [-0.05, 0) is 18.6 Å². The summed E-state index contributed by atoms with van der Waals surface area (Å²) in [6, 6.07) is 5.85. The van der Waals surface area contributed by atoms with Gasteiger partial charge in [-0.1, -0.05) is 19.1 Å². The molecule has 1 aromatic rings. The molecule has 1 N–H and O–H groups in total. The molecule has 3 nitrogen and oxygen atoms in total. The normalized spacial score (nSPS) is 12.2. The molecule has 0 saturated carbocycles. The molecule has 1 aromatic carbocycles. The highest BCUT2D eigenvalue weighted by molar-refractivity contribution is 5.94. The molecule has 0 saturated heterocycles. The predicted molar refractivity (Wildman–Crippen MR) is 55.0 cm³/mol. The van der Waals surface area contributed by atoms with E-state index < -0.39 is 11.7 Å². The minimum absolute atomic E-state index is 0.0352. The monoisotopic (exact) mass is 211 g/mol. The highest BCUT2D eigenvalue weighted by Gasteiger charge is 2.14. The van der Waals surface area contributed by atoms with Crippen LogP contribution in [0.5, 0.6) is 0 Å². The molecule has 0 aliphatic heterocycles. The standard InChI is InChI=1S/C11H14FNO2/c1-3-10(15-2)13-11(14)8-6-4-5-7-9(8)12/h4-7,10H,3H2,1-2H3,(H,13,14). The Balaban J connectivity index is 2.73. The maximum Gasteiger partial charge on any atom is 0.256 e. The van der Waals surface area contributed by atoms with Gasteiger partial charge in [0.15, 0.2) is 0 Å². The first-order valence-electron chi connectivity index (χ1n) is 4.77. The first-order chi connectivity index (χ1) is 7.19. The molecular weight excluding hydrogens is 197 g/mol. The van der Waals surface area contributed by atoms with Crippen molar-refractivity contribution in [3.63, 3.8) is 0 Å². The number of methoxy groups -OCH3 is 1. The molecule has 0 aliphatic carbocycles. The molecule has 0 aromatic heterocycles. The average molecular weight is 211 g/mol. The Hall–Kier alpha value is -1.42. The third-order valence-corrected chi connectivity index (χ3v) is 2.07. The predicted octanol–water partition coefficient (Wildman–Crippen LogP) is 1.94. The molecule has 1 rings (SSSR count). The summed E-state index contributed by atoms with van der Waals surface area (Å²) in [7, 11) is 1.50. The van der Waals surface area contributed by atoms with Crippen molar-refractivity contribution in [1.82, 2.24) is 5.32 Å². The number of rotatable bonds is 4. The molecule has 0 heterocycles. The number of nitrogens with one attached hydrogen (secondary N) is 1. The lowest BCUT2D eigenvalue weighted by Gasteiger charge is -2.14. The summed E-state index contributed by atoms with van der Waals surface area (Å²) in [5.74, 6) is -0.984. The van der Waals surface area contributed by atoms with Gasteiger partial charge in [0.25, 0.3) is 5.91 Å². The molecule has 0 bridgehead atoms. The van der Waals surface area contributed by atoms with Crippen LogP contribution in [0.2, 0.25) is 0 Å². The van der Waals surface area contributed by atoms with Crippen LogP contribution in [0, 0.1) is 5.82 Å². The number of hydrogen-bond acceptors (Lipinski definition) is 2. The van der Waals surface area contributed by atoms with Crippen molar-refractivity contribution in [1.29, 1.82) is 0 Å². The van der Waals surface area contributed by atoms with Crippen LogP contribution in [0.4, 0.5) is 4.39 Å². The zero-order valence-electron chi connectivity index (χ0n) is 8.79. The van der Waals surface area contributed by atoms with Gasteiger partial charge in [0, 0.05) is 7.11 Å². The molecule has 4 heteroatoms. The molecule has 0 aliphatic rings. The number of benzene rings is 1. The van der Waals surface area contributed by atoms with Crippen molar-refractivity contribution < 1.29 is 13.9 Å². The third-order valence-electron chi connectivity index (χ3n) is 2.07. The fourth-order valence-corrected chi connectivity index (χ4v) is 1.20. The van der Waals surface area contributed by atoms with E-state index in [1.165, 1.54) is 19.2 Å². The number of carbonyl (C=O) groups is 1. The molecule has 1 amide bonds. The van der Waals surface area contributed by atoms with Crippen LogP contribution in [0.3, 0.4) is 0 Å². The molecule has 0 fully saturated rings. The zero-order chi connectivity index (χ0) is 11.3. The van der Waals surface area contributed by atoms with Gasteiger partial charge in [-0.15, -0.1) is 0 Å². The van der Waals surface area contributed by atoms with Gasteiger partial charge in [0.1, 0.15) is 12.0 Å². The molecule has 1 unspecified atom stereocenters. The van der Waals surface area contributed by atoms with Crippen molar-refractivity contribution in [2.45, 2.75) is 19.6 Å². The number of halogens is 1. The Morgan fingerprint density at radius 2 is 2.20 bits per heavy atom. The molecule has 15 heavy (non-hydrogen) atoms.